The lowest BCUT2D eigenvalue weighted by Gasteiger charge is -2.30. The van der Waals surface area contributed by atoms with Crippen molar-refractivity contribution in [1.29, 1.82) is 0 Å². The summed E-state index contributed by atoms with van der Waals surface area (Å²) >= 11 is 0. The number of aldehydes is 1. The fraction of sp³-hybridized carbons (Fsp3) is 0.462. The van der Waals surface area contributed by atoms with Gasteiger partial charge in [-0.25, -0.2) is 0 Å². The molecule has 0 aliphatic carbocycles. The predicted octanol–water partition coefficient (Wildman–Crippen LogP) is 2.98. The van der Waals surface area contributed by atoms with E-state index >= 15 is 0 Å². The van der Waals surface area contributed by atoms with E-state index in [1.54, 1.807) is 0 Å². The minimum atomic E-state index is 0.422. The van der Waals surface area contributed by atoms with Crippen molar-refractivity contribution >= 4 is 12.0 Å². The number of carbonyl (C=O) groups is 1. The molecule has 2 heteroatoms. The molecule has 1 rings (SSSR count). The van der Waals surface area contributed by atoms with Gasteiger partial charge in [-0.05, 0) is 25.0 Å². The quantitative estimate of drug-likeness (QED) is 0.704. The van der Waals surface area contributed by atoms with Gasteiger partial charge in [0.2, 0.25) is 0 Å². The van der Waals surface area contributed by atoms with Crippen molar-refractivity contribution < 1.29 is 4.79 Å². The van der Waals surface area contributed by atoms with E-state index < -0.39 is 0 Å². The van der Waals surface area contributed by atoms with Crippen molar-refractivity contribution in [3.63, 3.8) is 0 Å². The lowest BCUT2D eigenvalue weighted by Crippen LogP contribution is -2.33. The van der Waals surface area contributed by atoms with E-state index in [0.29, 0.717) is 12.0 Å². The smallest absolute Gasteiger partial charge is 0.152 e. The number of anilines is 1. The summed E-state index contributed by atoms with van der Waals surface area (Å²) in [7, 11) is 2.03. The maximum absolute atomic E-state index is 10.9. The van der Waals surface area contributed by atoms with E-state index in [1.807, 2.05) is 31.3 Å². The molecule has 0 aliphatic rings. The summed E-state index contributed by atoms with van der Waals surface area (Å²) in [5.41, 5.74) is 1.77. The molecule has 2 nitrogen and oxygen atoms in total. The van der Waals surface area contributed by atoms with Crippen LogP contribution in [0.25, 0.3) is 0 Å². The third-order valence-electron chi connectivity index (χ3n) is 3.02. The molecule has 0 N–H and O–H groups in total. The molecule has 0 aromatic heterocycles. The SMILES string of the molecule is CC(C)C(C)N(C)c1ccccc1C=O. The first-order valence-electron chi connectivity index (χ1n) is 5.35. The van der Waals surface area contributed by atoms with Gasteiger partial charge in [0.15, 0.2) is 6.29 Å². The zero-order chi connectivity index (χ0) is 11.4. The Labute approximate surface area is 91.9 Å². The van der Waals surface area contributed by atoms with Crippen LogP contribution < -0.4 is 4.90 Å². The molecule has 1 aromatic carbocycles. The third kappa shape index (κ3) is 2.58. The predicted molar refractivity (Wildman–Crippen MR) is 64.5 cm³/mol. The van der Waals surface area contributed by atoms with Crippen LogP contribution in [0.4, 0.5) is 5.69 Å². The van der Waals surface area contributed by atoms with Crippen LogP contribution in [0.2, 0.25) is 0 Å². The van der Waals surface area contributed by atoms with Gasteiger partial charge in [0.05, 0.1) is 0 Å². The van der Waals surface area contributed by atoms with Gasteiger partial charge in [-0.15, -0.1) is 0 Å². The van der Waals surface area contributed by atoms with Crippen LogP contribution >= 0.6 is 0 Å². The second kappa shape index (κ2) is 4.96. The highest BCUT2D eigenvalue weighted by atomic mass is 16.1. The monoisotopic (exact) mass is 205 g/mol. The van der Waals surface area contributed by atoms with Crippen molar-refractivity contribution in [3.05, 3.63) is 29.8 Å². The molecular weight excluding hydrogens is 186 g/mol. The highest BCUT2D eigenvalue weighted by Gasteiger charge is 2.15. The van der Waals surface area contributed by atoms with Crippen LogP contribution in [0.5, 0.6) is 0 Å². The van der Waals surface area contributed by atoms with Crippen LogP contribution in [0.3, 0.4) is 0 Å². The Balaban J connectivity index is 2.99. The molecule has 0 spiro atoms. The lowest BCUT2D eigenvalue weighted by atomic mass is 10.0. The standard InChI is InChI=1S/C13H19NO/c1-10(2)11(3)14(4)13-8-6-5-7-12(13)9-15/h5-11H,1-4H3. The van der Waals surface area contributed by atoms with Crippen molar-refractivity contribution in [2.45, 2.75) is 26.8 Å². The number of hydrogen-bond acceptors (Lipinski definition) is 2. The molecule has 0 amide bonds. The highest BCUT2D eigenvalue weighted by Crippen LogP contribution is 2.22. The Hall–Kier alpha value is -1.31. The summed E-state index contributed by atoms with van der Waals surface area (Å²) in [6, 6.07) is 8.12. The molecule has 1 atom stereocenters. The Morgan fingerprint density at radius 3 is 2.33 bits per heavy atom. The van der Waals surface area contributed by atoms with Crippen LogP contribution in [0, 0.1) is 5.92 Å². The average molecular weight is 205 g/mol. The summed E-state index contributed by atoms with van der Waals surface area (Å²) in [6.45, 7) is 6.54. The number of carbonyl (C=O) groups excluding carboxylic acids is 1. The summed E-state index contributed by atoms with van der Waals surface area (Å²) in [5.74, 6) is 0.565. The minimum Gasteiger partial charge on any atom is -0.371 e. The molecule has 1 unspecified atom stereocenters. The molecule has 15 heavy (non-hydrogen) atoms. The highest BCUT2D eigenvalue weighted by molar-refractivity contribution is 5.84. The Bertz CT molecular complexity index is 333. The number of hydrogen-bond donors (Lipinski definition) is 0. The molecule has 0 aliphatic heterocycles. The second-order valence-electron chi connectivity index (χ2n) is 4.27. The van der Waals surface area contributed by atoms with Gasteiger partial charge in [0.1, 0.15) is 0 Å². The summed E-state index contributed by atoms with van der Waals surface area (Å²) < 4.78 is 0. The van der Waals surface area contributed by atoms with Crippen LogP contribution in [0.15, 0.2) is 24.3 Å². The average Bonchev–Trinajstić information content (AvgIpc) is 2.26. The topological polar surface area (TPSA) is 20.3 Å². The largest absolute Gasteiger partial charge is 0.371 e. The first-order chi connectivity index (χ1) is 7.07. The number of para-hydroxylation sites is 1. The first-order valence-corrected chi connectivity index (χ1v) is 5.35. The normalized spacial score (nSPS) is 12.6. The third-order valence-corrected chi connectivity index (χ3v) is 3.02. The summed E-state index contributed by atoms with van der Waals surface area (Å²) in [6.07, 6.45) is 0.916. The van der Waals surface area contributed by atoms with E-state index in [0.717, 1.165) is 17.5 Å². The van der Waals surface area contributed by atoms with Crippen molar-refractivity contribution in [3.8, 4) is 0 Å². The summed E-state index contributed by atoms with van der Waals surface area (Å²) in [5, 5.41) is 0. The van der Waals surface area contributed by atoms with E-state index in [-0.39, 0.29) is 0 Å². The molecular formula is C13H19NO. The van der Waals surface area contributed by atoms with Gasteiger partial charge in [0.25, 0.3) is 0 Å². The zero-order valence-corrected chi connectivity index (χ0v) is 9.90. The first kappa shape index (κ1) is 11.8. The van der Waals surface area contributed by atoms with Gasteiger partial charge in [-0.3, -0.25) is 4.79 Å². The number of rotatable bonds is 4. The maximum Gasteiger partial charge on any atom is 0.152 e. The summed E-state index contributed by atoms with van der Waals surface area (Å²) in [4.78, 5) is 13.1. The molecule has 0 saturated carbocycles. The second-order valence-corrected chi connectivity index (χ2v) is 4.27. The van der Waals surface area contributed by atoms with Crippen LogP contribution in [-0.4, -0.2) is 19.4 Å². The van der Waals surface area contributed by atoms with Gasteiger partial charge >= 0.3 is 0 Å². The molecule has 0 bridgehead atoms. The lowest BCUT2D eigenvalue weighted by molar-refractivity contribution is 0.112. The number of nitrogens with zero attached hydrogens (tertiary/aromatic N) is 1. The van der Waals surface area contributed by atoms with Gasteiger partial charge in [-0.2, -0.15) is 0 Å². The van der Waals surface area contributed by atoms with Crippen LogP contribution in [0.1, 0.15) is 31.1 Å². The molecule has 1 aromatic rings. The van der Waals surface area contributed by atoms with E-state index in [4.69, 9.17) is 0 Å². The molecule has 0 heterocycles. The van der Waals surface area contributed by atoms with E-state index in [1.165, 1.54) is 0 Å². The fourth-order valence-electron chi connectivity index (χ4n) is 1.57. The van der Waals surface area contributed by atoms with E-state index in [2.05, 4.69) is 25.7 Å². The molecule has 82 valence electrons. The molecule has 0 fully saturated rings. The van der Waals surface area contributed by atoms with Gasteiger partial charge in [-0.1, -0.05) is 26.0 Å². The van der Waals surface area contributed by atoms with Gasteiger partial charge in [0, 0.05) is 24.3 Å². The minimum absolute atomic E-state index is 0.422. The van der Waals surface area contributed by atoms with Gasteiger partial charge < -0.3 is 4.90 Å². The Morgan fingerprint density at radius 1 is 1.20 bits per heavy atom. The van der Waals surface area contributed by atoms with Crippen molar-refractivity contribution in [2.24, 2.45) is 5.92 Å². The molecule has 0 saturated heterocycles. The van der Waals surface area contributed by atoms with E-state index in [9.17, 15) is 4.79 Å². The fourth-order valence-corrected chi connectivity index (χ4v) is 1.57. The molecule has 0 radical (unpaired) electrons. The maximum atomic E-state index is 10.9. The number of benzene rings is 1. The van der Waals surface area contributed by atoms with Crippen molar-refractivity contribution in [2.75, 3.05) is 11.9 Å². The Morgan fingerprint density at radius 2 is 1.80 bits per heavy atom. The van der Waals surface area contributed by atoms with Crippen molar-refractivity contribution in [1.82, 2.24) is 0 Å². The van der Waals surface area contributed by atoms with Crippen LogP contribution in [-0.2, 0) is 0 Å². The zero-order valence-electron chi connectivity index (χ0n) is 9.90. The Kier molecular flexibility index (Phi) is 3.89.